The molecule has 0 aliphatic rings. The second-order valence-corrected chi connectivity index (χ2v) is 4.63. The second-order valence-electron chi connectivity index (χ2n) is 4.63. The minimum atomic E-state index is -1.48. The molecule has 0 aromatic rings. The van der Waals surface area contributed by atoms with Gasteiger partial charge in [0.15, 0.2) is 0 Å². The Morgan fingerprint density at radius 2 is 1.83 bits per heavy atom. The van der Waals surface area contributed by atoms with Crippen molar-refractivity contribution in [1.82, 2.24) is 5.32 Å². The fourth-order valence-corrected chi connectivity index (χ4v) is 1.06. The van der Waals surface area contributed by atoms with Crippen LogP contribution in [-0.2, 0) is 19.1 Å². The van der Waals surface area contributed by atoms with E-state index in [4.69, 9.17) is 4.74 Å². The Kier molecular flexibility index (Phi) is 6.15. The smallest absolute Gasteiger partial charge is 0.408 e. The van der Waals surface area contributed by atoms with Gasteiger partial charge < -0.3 is 24.7 Å². The highest BCUT2D eigenvalue weighted by atomic mass is 16.6. The molecule has 0 aromatic carbocycles. The number of carboxylic acids is 1. The van der Waals surface area contributed by atoms with E-state index in [2.05, 4.69) is 10.1 Å². The van der Waals surface area contributed by atoms with Gasteiger partial charge in [-0.05, 0) is 27.2 Å². The lowest BCUT2D eigenvalue weighted by Crippen LogP contribution is -2.49. The number of carbonyl (C=O) groups is 3. The summed E-state index contributed by atoms with van der Waals surface area (Å²) in [6.45, 7) is 4.94. The summed E-state index contributed by atoms with van der Waals surface area (Å²) >= 11 is 0. The molecule has 1 N–H and O–H groups in total. The van der Waals surface area contributed by atoms with Crippen LogP contribution in [0.15, 0.2) is 0 Å². The van der Waals surface area contributed by atoms with Gasteiger partial charge in [0.25, 0.3) is 0 Å². The summed E-state index contributed by atoms with van der Waals surface area (Å²) in [5.74, 6) is -2.04. The Hall–Kier alpha value is -1.79. The van der Waals surface area contributed by atoms with Crippen LogP contribution in [0.3, 0.4) is 0 Å². The van der Waals surface area contributed by atoms with Crippen molar-refractivity contribution >= 4 is 18.0 Å². The van der Waals surface area contributed by atoms with E-state index in [0.29, 0.717) is 0 Å². The van der Waals surface area contributed by atoms with Crippen LogP contribution in [0.5, 0.6) is 0 Å². The topological polar surface area (TPSA) is 105 Å². The first-order valence-corrected chi connectivity index (χ1v) is 5.43. The zero-order valence-corrected chi connectivity index (χ0v) is 10.9. The van der Waals surface area contributed by atoms with Gasteiger partial charge in [0.05, 0.1) is 19.1 Å². The van der Waals surface area contributed by atoms with Crippen molar-refractivity contribution in [1.29, 1.82) is 0 Å². The third-order valence-electron chi connectivity index (χ3n) is 1.84. The summed E-state index contributed by atoms with van der Waals surface area (Å²) in [5, 5.41) is 12.9. The number of methoxy groups -OCH3 is 1. The number of nitrogens with one attached hydrogen (secondary N) is 1. The highest BCUT2D eigenvalue weighted by Gasteiger charge is 2.20. The van der Waals surface area contributed by atoms with Crippen LogP contribution in [0.2, 0.25) is 0 Å². The summed E-state index contributed by atoms with van der Waals surface area (Å²) < 4.78 is 9.26. The molecule has 0 heterocycles. The molecular formula is C11H18NO6-. The lowest BCUT2D eigenvalue weighted by atomic mass is 10.1. The molecule has 0 aliphatic heterocycles. The average molecular weight is 260 g/mol. The van der Waals surface area contributed by atoms with Gasteiger partial charge in [-0.3, -0.25) is 4.79 Å². The van der Waals surface area contributed by atoms with Crippen LogP contribution in [-0.4, -0.2) is 36.8 Å². The lowest BCUT2D eigenvalue weighted by molar-refractivity contribution is -0.308. The first-order valence-electron chi connectivity index (χ1n) is 5.43. The summed E-state index contributed by atoms with van der Waals surface area (Å²) in [6.07, 6.45) is -1.12. The fourth-order valence-electron chi connectivity index (χ4n) is 1.06. The molecule has 0 bridgehead atoms. The standard InChI is InChI=1S/C11H19NO6/c1-11(2,3)18-10(16)12-7(9(14)15)5-6-8(13)17-4/h7H,5-6H2,1-4H3,(H,12,16)(H,14,15)/p-1/t7-/m0/s1. The number of rotatable bonds is 5. The van der Waals surface area contributed by atoms with Gasteiger partial charge in [0.1, 0.15) is 5.60 Å². The maximum atomic E-state index is 11.3. The summed E-state index contributed by atoms with van der Waals surface area (Å²) in [6, 6.07) is -1.29. The Balaban J connectivity index is 4.32. The Morgan fingerprint density at radius 3 is 2.22 bits per heavy atom. The van der Waals surface area contributed by atoms with E-state index in [0.717, 1.165) is 0 Å². The minimum absolute atomic E-state index is 0.117. The zero-order chi connectivity index (χ0) is 14.3. The van der Waals surface area contributed by atoms with E-state index in [1.165, 1.54) is 7.11 Å². The number of carbonyl (C=O) groups excluding carboxylic acids is 3. The molecule has 0 fully saturated rings. The highest BCUT2D eigenvalue weighted by Crippen LogP contribution is 2.07. The van der Waals surface area contributed by atoms with E-state index >= 15 is 0 Å². The van der Waals surface area contributed by atoms with Gasteiger partial charge in [0, 0.05) is 6.42 Å². The van der Waals surface area contributed by atoms with Gasteiger partial charge >= 0.3 is 12.1 Å². The predicted octanol–water partition coefficient (Wildman–Crippen LogP) is -0.417. The number of alkyl carbamates (subject to hydrolysis) is 1. The van der Waals surface area contributed by atoms with Crippen molar-refractivity contribution in [3.63, 3.8) is 0 Å². The van der Waals surface area contributed by atoms with Crippen molar-refractivity contribution in [2.75, 3.05) is 7.11 Å². The Morgan fingerprint density at radius 1 is 1.28 bits per heavy atom. The molecule has 1 atom stereocenters. The van der Waals surface area contributed by atoms with Gasteiger partial charge in [-0.25, -0.2) is 4.79 Å². The largest absolute Gasteiger partial charge is 0.548 e. The minimum Gasteiger partial charge on any atom is -0.548 e. The molecular weight excluding hydrogens is 242 g/mol. The second kappa shape index (κ2) is 6.83. The molecule has 0 aliphatic carbocycles. The van der Waals surface area contributed by atoms with Crippen LogP contribution < -0.4 is 10.4 Å². The van der Waals surface area contributed by atoms with E-state index in [-0.39, 0.29) is 12.8 Å². The number of amides is 1. The molecule has 0 rings (SSSR count). The first kappa shape index (κ1) is 16.2. The molecule has 0 aromatic heterocycles. The summed E-state index contributed by atoms with van der Waals surface area (Å²) in [7, 11) is 1.19. The Labute approximate surface area is 105 Å². The van der Waals surface area contributed by atoms with E-state index in [1.807, 2.05) is 0 Å². The maximum Gasteiger partial charge on any atom is 0.408 e. The molecule has 7 nitrogen and oxygen atoms in total. The number of aliphatic carboxylic acids is 1. The van der Waals surface area contributed by atoms with Crippen molar-refractivity contribution in [2.45, 2.75) is 45.3 Å². The summed E-state index contributed by atoms with van der Waals surface area (Å²) in [5.41, 5.74) is -0.733. The van der Waals surface area contributed by atoms with Crippen molar-refractivity contribution in [3.8, 4) is 0 Å². The van der Waals surface area contributed by atoms with Crippen LogP contribution in [0, 0.1) is 0 Å². The Bertz CT molecular complexity index is 320. The quantitative estimate of drug-likeness (QED) is 0.673. The zero-order valence-electron chi connectivity index (χ0n) is 10.9. The van der Waals surface area contributed by atoms with Crippen LogP contribution >= 0.6 is 0 Å². The molecule has 7 heteroatoms. The van der Waals surface area contributed by atoms with Crippen LogP contribution in [0.1, 0.15) is 33.6 Å². The molecule has 0 saturated heterocycles. The highest BCUT2D eigenvalue weighted by molar-refractivity contribution is 5.79. The van der Waals surface area contributed by atoms with Gasteiger partial charge in [-0.2, -0.15) is 0 Å². The van der Waals surface area contributed by atoms with E-state index < -0.39 is 29.7 Å². The third kappa shape index (κ3) is 7.48. The van der Waals surface area contributed by atoms with Crippen LogP contribution in [0.25, 0.3) is 0 Å². The van der Waals surface area contributed by atoms with Crippen molar-refractivity contribution in [2.24, 2.45) is 0 Å². The molecule has 1 amide bonds. The number of hydrogen-bond acceptors (Lipinski definition) is 6. The summed E-state index contributed by atoms with van der Waals surface area (Å²) in [4.78, 5) is 33.0. The monoisotopic (exact) mass is 260 g/mol. The first-order chi connectivity index (χ1) is 8.15. The van der Waals surface area contributed by atoms with Gasteiger partial charge in [-0.1, -0.05) is 0 Å². The number of ether oxygens (including phenoxy) is 2. The lowest BCUT2D eigenvalue weighted by Gasteiger charge is -2.23. The van der Waals surface area contributed by atoms with E-state index in [9.17, 15) is 19.5 Å². The van der Waals surface area contributed by atoms with Crippen molar-refractivity contribution < 1.29 is 29.0 Å². The van der Waals surface area contributed by atoms with E-state index in [1.54, 1.807) is 20.8 Å². The van der Waals surface area contributed by atoms with Crippen LogP contribution in [0.4, 0.5) is 4.79 Å². The fraction of sp³-hybridized carbons (Fsp3) is 0.727. The molecule has 0 saturated carbocycles. The number of hydrogen-bond donors (Lipinski definition) is 1. The van der Waals surface area contributed by atoms with Gasteiger partial charge in [-0.15, -0.1) is 0 Å². The molecule has 0 spiro atoms. The number of esters is 1. The van der Waals surface area contributed by atoms with Gasteiger partial charge in [0.2, 0.25) is 0 Å². The molecule has 18 heavy (non-hydrogen) atoms. The molecule has 0 unspecified atom stereocenters. The normalized spacial score (nSPS) is 12.4. The third-order valence-corrected chi connectivity index (χ3v) is 1.84. The average Bonchev–Trinajstić information content (AvgIpc) is 2.20. The molecule has 104 valence electrons. The number of carboxylic acid groups (broad SMARTS) is 1. The predicted molar refractivity (Wildman–Crippen MR) is 59.4 cm³/mol. The SMILES string of the molecule is COC(=O)CC[C@H](NC(=O)OC(C)(C)C)C(=O)[O-]. The maximum absolute atomic E-state index is 11.3. The molecule has 0 radical (unpaired) electrons. The van der Waals surface area contributed by atoms with Crippen molar-refractivity contribution in [3.05, 3.63) is 0 Å².